The predicted octanol–water partition coefficient (Wildman–Crippen LogP) is 6.20. The Labute approximate surface area is 233 Å². The number of carbonyl (C=O) groups is 2. The molecule has 2 amide bonds. The van der Waals surface area contributed by atoms with Gasteiger partial charge in [-0.2, -0.15) is 0 Å². The second kappa shape index (κ2) is 11.4. The summed E-state index contributed by atoms with van der Waals surface area (Å²) in [5, 5.41) is 16.1. The molecule has 204 valence electrons. The average Bonchev–Trinajstić information content (AvgIpc) is 2.95. The molecule has 8 heteroatoms. The minimum absolute atomic E-state index is 0.111. The van der Waals surface area contributed by atoms with E-state index < -0.39 is 6.17 Å². The van der Waals surface area contributed by atoms with Crippen molar-refractivity contribution in [2.75, 3.05) is 28.7 Å². The Hall–Kier alpha value is -4.98. The molecular weight excluding hydrogens is 506 g/mol. The molecule has 4 aromatic rings. The molecule has 0 spiro atoms. The third-order valence-electron chi connectivity index (χ3n) is 6.79. The number of aryl methyl sites for hydroxylation is 2. The van der Waals surface area contributed by atoms with E-state index in [0.717, 1.165) is 16.7 Å². The number of anilines is 3. The van der Waals surface area contributed by atoms with E-state index in [1.165, 1.54) is 0 Å². The van der Waals surface area contributed by atoms with Gasteiger partial charge in [-0.05, 0) is 98.1 Å². The second-order valence-electron chi connectivity index (χ2n) is 9.56. The van der Waals surface area contributed by atoms with Gasteiger partial charge in [0.1, 0.15) is 11.9 Å². The maximum Gasteiger partial charge on any atom is 0.262 e. The van der Waals surface area contributed by atoms with E-state index in [0.29, 0.717) is 40.7 Å². The van der Waals surface area contributed by atoms with Crippen LogP contribution in [0.15, 0.2) is 84.9 Å². The van der Waals surface area contributed by atoms with E-state index in [1.807, 2.05) is 69.3 Å². The summed E-state index contributed by atoms with van der Waals surface area (Å²) < 4.78 is 11.7. The van der Waals surface area contributed by atoms with Crippen LogP contribution in [0.25, 0.3) is 0 Å². The lowest BCUT2D eigenvalue weighted by molar-refractivity contribution is -0.118. The number of fused-ring (bicyclic) bond motifs is 1. The fourth-order valence-corrected chi connectivity index (χ4v) is 4.61. The Morgan fingerprint density at radius 3 is 2.45 bits per heavy atom. The molecule has 1 heterocycles. The number of benzene rings is 4. The third kappa shape index (κ3) is 5.56. The van der Waals surface area contributed by atoms with Gasteiger partial charge in [-0.25, -0.2) is 0 Å². The molecule has 0 unspecified atom stereocenters. The van der Waals surface area contributed by atoms with Crippen LogP contribution in [-0.2, 0) is 4.79 Å². The number of para-hydroxylation sites is 1. The third-order valence-corrected chi connectivity index (χ3v) is 6.79. The van der Waals surface area contributed by atoms with Gasteiger partial charge in [-0.1, -0.05) is 24.3 Å². The SMILES string of the molecule is CCOc1cc([C@H]2Nc3ccccc3C(=O)N2c2ccc(O)cc2)ccc1OCC(=O)Nc1ccc(C)c(C)c1. The number of aromatic hydroxyl groups is 1. The lowest BCUT2D eigenvalue weighted by Crippen LogP contribution is -2.43. The Balaban J connectivity index is 1.41. The first kappa shape index (κ1) is 26.6. The highest BCUT2D eigenvalue weighted by atomic mass is 16.5. The van der Waals surface area contributed by atoms with Gasteiger partial charge >= 0.3 is 0 Å². The molecule has 3 N–H and O–H groups in total. The molecule has 0 aromatic heterocycles. The second-order valence-corrected chi connectivity index (χ2v) is 9.56. The molecule has 8 nitrogen and oxygen atoms in total. The first-order valence-corrected chi connectivity index (χ1v) is 13.1. The highest BCUT2D eigenvalue weighted by molar-refractivity contribution is 6.12. The minimum atomic E-state index is -0.562. The number of hydrogen-bond acceptors (Lipinski definition) is 6. The van der Waals surface area contributed by atoms with Crippen LogP contribution in [0.2, 0.25) is 0 Å². The zero-order valence-electron chi connectivity index (χ0n) is 22.6. The summed E-state index contributed by atoms with van der Waals surface area (Å²) in [6, 6.07) is 25.0. The molecule has 0 saturated heterocycles. The van der Waals surface area contributed by atoms with Crippen LogP contribution in [0.1, 0.15) is 40.1 Å². The van der Waals surface area contributed by atoms with Crippen LogP contribution in [0, 0.1) is 13.8 Å². The van der Waals surface area contributed by atoms with Gasteiger partial charge < -0.3 is 25.2 Å². The molecule has 0 radical (unpaired) electrons. The Morgan fingerprint density at radius 1 is 0.925 bits per heavy atom. The molecule has 1 atom stereocenters. The van der Waals surface area contributed by atoms with Crippen LogP contribution >= 0.6 is 0 Å². The van der Waals surface area contributed by atoms with Crippen molar-refractivity contribution >= 4 is 28.9 Å². The predicted molar refractivity (Wildman–Crippen MR) is 155 cm³/mol. The van der Waals surface area contributed by atoms with Crippen LogP contribution < -0.4 is 25.0 Å². The number of nitrogens with one attached hydrogen (secondary N) is 2. The van der Waals surface area contributed by atoms with Crippen LogP contribution in [0.5, 0.6) is 17.2 Å². The molecular formula is C32H31N3O5. The molecule has 0 saturated carbocycles. The molecule has 5 rings (SSSR count). The van der Waals surface area contributed by atoms with E-state index in [-0.39, 0.29) is 24.2 Å². The summed E-state index contributed by atoms with van der Waals surface area (Å²) >= 11 is 0. The normalized spacial score (nSPS) is 14.2. The molecule has 1 aliphatic rings. The van der Waals surface area contributed by atoms with Crippen molar-refractivity contribution in [3.63, 3.8) is 0 Å². The van der Waals surface area contributed by atoms with E-state index in [2.05, 4.69) is 10.6 Å². The van der Waals surface area contributed by atoms with Crippen molar-refractivity contribution in [1.29, 1.82) is 0 Å². The number of amides is 2. The Kier molecular flexibility index (Phi) is 7.59. The van der Waals surface area contributed by atoms with Gasteiger partial charge in [0.2, 0.25) is 0 Å². The van der Waals surface area contributed by atoms with E-state index in [1.54, 1.807) is 41.3 Å². The summed E-state index contributed by atoms with van der Waals surface area (Å²) in [6.45, 7) is 6.07. The van der Waals surface area contributed by atoms with Gasteiger partial charge in [-0.3, -0.25) is 14.5 Å². The molecule has 0 bridgehead atoms. The van der Waals surface area contributed by atoms with Crippen LogP contribution in [0.3, 0.4) is 0 Å². The zero-order valence-corrected chi connectivity index (χ0v) is 22.6. The molecule has 4 aromatic carbocycles. The number of nitrogens with zero attached hydrogens (tertiary/aromatic N) is 1. The van der Waals surface area contributed by atoms with E-state index >= 15 is 0 Å². The minimum Gasteiger partial charge on any atom is -0.508 e. The van der Waals surface area contributed by atoms with Crippen LogP contribution in [0.4, 0.5) is 17.1 Å². The molecule has 40 heavy (non-hydrogen) atoms. The first-order valence-electron chi connectivity index (χ1n) is 13.1. The van der Waals surface area contributed by atoms with Gasteiger partial charge in [-0.15, -0.1) is 0 Å². The number of phenols is 1. The van der Waals surface area contributed by atoms with Gasteiger partial charge in [0.25, 0.3) is 11.8 Å². The van der Waals surface area contributed by atoms with Gasteiger partial charge in [0.05, 0.1) is 12.2 Å². The highest BCUT2D eigenvalue weighted by Gasteiger charge is 2.34. The monoisotopic (exact) mass is 537 g/mol. The maximum atomic E-state index is 13.7. The fraction of sp³-hybridized carbons (Fsp3) is 0.188. The zero-order chi connectivity index (χ0) is 28.2. The van der Waals surface area contributed by atoms with E-state index in [9.17, 15) is 14.7 Å². The first-order chi connectivity index (χ1) is 19.3. The van der Waals surface area contributed by atoms with Crippen molar-refractivity contribution in [2.45, 2.75) is 26.9 Å². The van der Waals surface area contributed by atoms with Crippen molar-refractivity contribution < 1.29 is 24.2 Å². The number of carbonyl (C=O) groups excluding carboxylic acids is 2. The smallest absolute Gasteiger partial charge is 0.262 e. The van der Waals surface area contributed by atoms with E-state index in [4.69, 9.17) is 9.47 Å². The van der Waals surface area contributed by atoms with Crippen molar-refractivity contribution in [3.05, 3.63) is 107 Å². The molecule has 0 fully saturated rings. The Bertz CT molecular complexity index is 1550. The fourth-order valence-electron chi connectivity index (χ4n) is 4.61. The number of hydrogen-bond donors (Lipinski definition) is 3. The van der Waals surface area contributed by atoms with Crippen molar-refractivity contribution in [3.8, 4) is 17.2 Å². The maximum absolute atomic E-state index is 13.7. The summed E-state index contributed by atoms with van der Waals surface area (Å²) in [4.78, 5) is 27.9. The highest BCUT2D eigenvalue weighted by Crippen LogP contribution is 2.39. The number of rotatable bonds is 8. The molecule has 0 aliphatic carbocycles. The lowest BCUT2D eigenvalue weighted by atomic mass is 10.0. The summed E-state index contributed by atoms with van der Waals surface area (Å²) in [7, 11) is 0. The van der Waals surface area contributed by atoms with Crippen molar-refractivity contribution in [2.24, 2.45) is 0 Å². The van der Waals surface area contributed by atoms with Crippen molar-refractivity contribution in [1.82, 2.24) is 0 Å². The average molecular weight is 538 g/mol. The van der Waals surface area contributed by atoms with Gasteiger partial charge in [0.15, 0.2) is 18.1 Å². The molecule has 1 aliphatic heterocycles. The van der Waals surface area contributed by atoms with Crippen LogP contribution in [-0.4, -0.2) is 30.1 Å². The summed E-state index contributed by atoms with van der Waals surface area (Å²) in [5.74, 6) is 0.521. The standard InChI is InChI=1S/C32H31N3O5/c1-4-39-29-18-22(10-16-28(29)40-19-30(37)33-23-11-9-20(2)21(3)17-23)31-34-27-8-6-5-7-26(27)32(38)35(31)24-12-14-25(36)15-13-24/h5-18,31,34,36H,4,19H2,1-3H3,(H,33,37)/t31-/m0/s1. The topological polar surface area (TPSA) is 100 Å². The quantitative estimate of drug-likeness (QED) is 0.248. The number of phenolic OH excluding ortho intramolecular Hbond substituents is 1. The Morgan fingerprint density at radius 2 is 1.70 bits per heavy atom. The number of ether oxygens (including phenoxy) is 2. The summed E-state index contributed by atoms with van der Waals surface area (Å²) in [5.41, 5.74) is 5.59. The lowest BCUT2D eigenvalue weighted by Gasteiger charge is -2.38. The largest absolute Gasteiger partial charge is 0.508 e. The summed E-state index contributed by atoms with van der Waals surface area (Å²) in [6.07, 6.45) is -0.562. The van der Waals surface area contributed by atoms with Gasteiger partial charge in [0, 0.05) is 17.1 Å².